The molecule has 0 bridgehead atoms. The minimum Gasteiger partial charge on any atom is -0.457 e. The summed E-state index contributed by atoms with van der Waals surface area (Å²) in [4.78, 5) is 25.9. The average molecular weight is 959 g/mol. The van der Waals surface area contributed by atoms with E-state index >= 15 is 0 Å². The van der Waals surface area contributed by atoms with Gasteiger partial charge in [-0.2, -0.15) is 29.0 Å². The molecule has 3 atom stereocenters. The van der Waals surface area contributed by atoms with Gasteiger partial charge in [-0.3, -0.25) is 0 Å². The molecule has 2 saturated heterocycles. The number of nitrogens with two attached hydrogens (primary N) is 1. The molecule has 7 heterocycles. The number of allylic oxidation sites excluding steroid dienone is 1. The molecule has 0 saturated carbocycles. The third-order valence-electron chi connectivity index (χ3n) is 11.9. The van der Waals surface area contributed by atoms with Crippen LogP contribution in [-0.2, 0) is 23.1 Å². The summed E-state index contributed by atoms with van der Waals surface area (Å²) in [6.07, 6.45) is 4.39. The maximum Gasteiger partial charge on any atom is 0.240 e. The van der Waals surface area contributed by atoms with Crippen molar-refractivity contribution in [3.8, 4) is 22.8 Å². The first-order valence-electron chi connectivity index (χ1n) is 21.5. The van der Waals surface area contributed by atoms with Crippen LogP contribution in [0.15, 0.2) is 101 Å². The first-order chi connectivity index (χ1) is 31.4. The number of piperazine rings is 1. The van der Waals surface area contributed by atoms with E-state index in [4.69, 9.17) is 30.5 Å². The zero-order valence-electron chi connectivity index (χ0n) is 36.1. The van der Waals surface area contributed by atoms with Gasteiger partial charge in [0.15, 0.2) is 11.3 Å². The predicted octanol–water partition coefficient (Wildman–Crippen LogP) is 6.71. The quantitative estimate of drug-likeness (QED) is 0.117. The van der Waals surface area contributed by atoms with E-state index in [0.29, 0.717) is 65.2 Å². The van der Waals surface area contributed by atoms with Gasteiger partial charge < -0.3 is 30.6 Å². The van der Waals surface area contributed by atoms with E-state index in [0.717, 1.165) is 45.5 Å². The molecular formula is C45H48BrN15O3S. The minimum absolute atomic E-state index is 0.0169. The van der Waals surface area contributed by atoms with Crippen LogP contribution in [0, 0.1) is 6.92 Å². The molecule has 0 aliphatic carbocycles. The van der Waals surface area contributed by atoms with Crippen LogP contribution >= 0.6 is 15.9 Å². The molecule has 10 rings (SSSR count). The fourth-order valence-electron chi connectivity index (χ4n) is 8.88. The molecule has 65 heavy (non-hydrogen) atoms. The van der Waals surface area contributed by atoms with Crippen molar-refractivity contribution >= 4 is 71.4 Å². The van der Waals surface area contributed by atoms with Gasteiger partial charge >= 0.3 is 0 Å². The average Bonchev–Trinajstić information content (AvgIpc) is 3.99. The largest absolute Gasteiger partial charge is 0.457 e. The number of ether oxygens (including phenoxy) is 1. The molecule has 334 valence electrons. The molecule has 4 N–H and O–H groups in total. The molecular weight excluding hydrogens is 911 g/mol. The zero-order valence-corrected chi connectivity index (χ0v) is 38.5. The van der Waals surface area contributed by atoms with E-state index in [1.165, 1.54) is 10.6 Å². The third kappa shape index (κ3) is 8.26. The third-order valence-corrected chi connectivity index (χ3v) is 14.3. The monoisotopic (exact) mass is 957 g/mol. The summed E-state index contributed by atoms with van der Waals surface area (Å²) >= 11 is 3.61. The fourth-order valence-corrected chi connectivity index (χ4v) is 10.6. The molecule has 0 radical (unpaired) electrons. The number of nitrogens with zero attached hydrogens (tertiary/aromatic N) is 12. The Labute approximate surface area is 383 Å². The number of imidazole rings is 1. The number of nitrogens with one attached hydrogen (secondary N) is 2. The lowest BCUT2D eigenvalue weighted by Gasteiger charge is -2.36. The number of aryl methyl sites for hydroxylation is 1. The van der Waals surface area contributed by atoms with Crippen molar-refractivity contribution in [1.82, 2.24) is 58.5 Å². The number of hydrogen-bond donors (Lipinski definition) is 3. The highest BCUT2D eigenvalue weighted by Gasteiger charge is 2.34. The van der Waals surface area contributed by atoms with Crippen molar-refractivity contribution in [2.24, 2.45) is 0 Å². The summed E-state index contributed by atoms with van der Waals surface area (Å²) in [5, 5.41) is 17.2. The Morgan fingerprint density at radius 1 is 0.969 bits per heavy atom. The van der Waals surface area contributed by atoms with Gasteiger partial charge in [0, 0.05) is 43.8 Å². The normalized spacial score (nSPS) is 18.5. The molecule has 2 fully saturated rings. The molecule has 3 aromatic carbocycles. The first kappa shape index (κ1) is 42.5. The van der Waals surface area contributed by atoms with Gasteiger partial charge in [-0.25, -0.2) is 28.1 Å². The van der Waals surface area contributed by atoms with Gasteiger partial charge in [-0.05, 0) is 104 Å². The van der Waals surface area contributed by atoms with E-state index in [1.807, 2.05) is 84.3 Å². The lowest BCUT2D eigenvalue weighted by Crippen LogP contribution is -2.54. The predicted molar refractivity (Wildman–Crippen MR) is 254 cm³/mol. The number of para-hydroxylation sites is 1. The number of halogens is 1. The summed E-state index contributed by atoms with van der Waals surface area (Å²) in [6.45, 7) is 12.7. The van der Waals surface area contributed by atoms with E-state index in [2.05, 4.69) is 67.0 Å². The number of hydrogen-bond acceptors (Lipinski definition) is 14. The number of piperidine rings is 1. The fraction of sp³-hybridized carbons (Fsp3) is 0.311. The first-order valence-corrected chi connectivity index (χ1v) is 23.7. The number of aromatic nitrogens is 10. The van der Waals surface area contributed by atoms with Gasteiger partial charge in [0.05, 0.1) is 51.1 Å². The van der Waals surface area contributed by atoms with E-state index < -0.39 is 10.0 Å². The lowest BCUT2D eigenvalue weighted by molar-refractivity contribution is 0.259. The van der Waals surface area contributed by atoms with Crippen molar-refractivity contribution in [2.75, 3.05) is 42.1 Å². The molecule has 0 unspecified atom stereocenters. The molecule has 20 heteroatoms. The van der Waals surface area contributed by atoms with E-state index in [1.54, 1.807) is 15.4 Å². The molecule has 0 amide bonds. The molecule has 8 aromatic rings. The lowest BCUT2D eigenvalue weighted by atomic mass is 10.1. The Morgan fingerprint density at radius 3 is 2.52 bits per heavy atom. The molecule has 2 aliphatic rings. The van der Waals surface area contributed by atoms with Crippen molar-refractivity contribution < 1.29 is 13.2 Å². The van der Waals surface area contributed by atoms with Gasteiger partial charge in [0.1, 0.15) is 35.2 Å². The maximum absolute atomic E-state index is 14.6. The Kier molecular flexibility index (Phi) is 11.2. The van der Waals surface area contributed by atoms with E-state index in [9.17, 15) is 8.42 Å². The van der Waals surface area contributed by atoms with E-state index in [-0.39, 0.29) is 48.5 Å². The summed E-state index contributed by atoms with van der Waals surface area (Å²) in [5.41, 5.74) is 11.6. The summed E-state index contributed by atoms with van der Waals surface area (Å²) < 4.78 is 42.8. The number of fused-ring (bicyclic) bond motifs is 3. The highest BCUT2D eigenvalue weighted by molar-refractivity contribution is 9.10. The molecule has 18 nitrogen and oxygen atoms in total. The van der Waals surface area contributed by atoms with Crippen molar-refractivity contribution in [2.45, 2.75) is 64.8 Å². The second-order valence-electron chi connectivity index (χ2n) is 16.8. The van der Waals surface area contributed by atoms with Gasteiger partial charge in [-0.1, -0.05) is 30.8 Å². The van der Waals surface area contributed by atoms with Crippen LogP contribution < -0.4 is 26.0 Å². The number of anilines is 3. The number of rotatable bonds is 12. The van der Waals surface area contributed by atoms with Crippen LogP contribution in [0.4, 0.5) is 17.7 Å². The van der Waals surface area contributed by atoms with Gasteiger partial charge in [0.25, 0.3) is 0 Å². The molecule has 2 aliphatic heterocycles. The van der Waals surface area contributed by atoms with Gasteiger partial charge in [0.2, 0.25) is 21.9 Å². The van der Waals surface area contributed by atoms with Crippen molar-refractivity contribution in [1.29, 1.82) is 0 Å². The Bertz CT molecular complexity index is 3180. The van der Waals surface area contributed by atoms with Crippen molar-refractivity contribution in [3.05, 3.63) is 113 Å². The number of sulfonamides is 1. The van der Waals surface area contributed by atoms with Crippen LogP contribution in [0.5, 0.6) is 11.5 Å². The van der Waals surface area contributed by atoms with Crippen LogP contribution in [-0.4, -0.2) is 99.9 Å². The Morgan fingerprint density at radius 2 is 1.74 bits per heavy atom. The summed E-state index contributed by atoms with van der Waals surface area (Å²) in [7, 11) is -4.02. The van der Waals surface area contributed by atoms with Crippen LogP contribution in [0.3, 0.4) is 0 Å². The Balaban J connectivity index is 0.907. The number of nitrogen functional groups attached to an aromatic ring is 1. The molecule has 0 spiro atoms. The Hall–Kier alpha value is -6.48. The highest BCUT2D eigenvalue weighted by Crippen LogP contribution is 2.36. The smallest absolute Gasteiger partial charge is 0.240 e. The van der Waals surface area contributed by atoms with Crippen molar-refractivity contribution in [3.63, 3.8) is 0 Å². The second kappa shape index (κ2) is 17.1. The minimum atomic E-state index is -4.02. The SMILES string of the molecule is C=C(Cn1c(CNc2nc(N3C[C@@H](C)N[C@@H](C)C3)nc3c(Br)cnn23)nc2cc(C)ccc21)S(=O)(=O)N1CCC[C@@H](n2nc(-c3ccc(Oc4ccccc4)cc3)c3c(N)ncnc32)C1. The van der Waals surface area contributed by atoms with Gasteiger partial charge in [-0.15, -0.1) is 0 Å². The highest BCUT2D eigenvalue weighted by atomic mass is 79.9. The summed E-state index contributed by atoms with van der Waals surface area (Å²) in [6, 6.07) is 23.3. The molecule has 5 aromatic heterocycles. The van der Waals surface area contributed by atoms with Crippen LogP contribution in [0.2, 0.25) is 0 Å². The standard InChI is InChI=1S/C45H48BrN15O3S/c1-27-12-17-37-36(19-27)53-38(21-48-44-55-45(54-42-35(46)20-51-61(42)44)57-22-28(2)52-29(3)23-57)59(37)24-30(4)65(62,63)58-18-8-9-32(25-58)60-43-39(41(47)49-26-50-43)40(56-60)31-13-15-34(16-14-31)64-33-10-6-5-7-11-33/h5-7,10-17,19-20,26,28-29,32,52H,4,8-9,18,21-25H2,1-3H3,(H2,47,49,50)(H,48,54,55)/t28-,29+,32-/m1/s1. The zero-order chi connectivity index (χ0) is 45.0. The van der Waals surface area contributed by atoms with Crippen LogP contribution in [0.1, 0.15) is 44.1 Å². The second-order valence-corrected chi connectivity index (χ2v) is 19.7. The topological polar surface area (TPSA) is 204 Å². The van der Waals surface area contributed by atoms with Crippen LogP contribution in [0.25, 0.3) is 39.0 Å². The maximum atomic E-state index is 14.6. The number of benzene rings is 3. The summed E-state index contributed by atoms with van der Waals surface area (Å²) in [5.74, 6) is 3.35.